The van der Waals surface area contributed by atoms with Gasteiger partial charge in [-0.15, -0.1) is 0 Å². The first-order chi connectivity index (χ1) is 7.31. The minimum Gasteiger partial charge on any atom is -0.369 e. The summed E-state index contributed by atoms with van der Waals surface area (Å²) in [7, 11) is 0. The molecule has 3 nitrogen and oxygen atoms in total. The number of aromatic nitrogens is 2. The molecule has 0 unspecified atom stereocenters. The van der Waals surface area contributed by atoms with E-state index in [0.717, 1.165) is 29.1 Å². The van der Waals surface area contributed by atoms with Gasteiger partial charge in [0.2, 0.25) is 0 Å². The maximum Gasteiger partial charge on any atom is 0.144 e. The highest BCUT2D eigenvalue weighted by Gasteiger charge is 2.22. The van der Waals surface area contributed by atoms with Crippen LogP contribution in [0.15, 0.2) is 10.7 Å². The van der Waals surface area contributed by atoms with Gasteiger partial charge in [-0.1, -0.05) is 13.3 Å². The summed E-state index contributed by atoms with van der Waals surface area (Å²) >= 11 is 3.46. The largest absolute Gasteiger partial charge is 0.369 e. The molecule has 0 amide bonds. The fourth-order valence-electron chi connectivity index (χ4n) is 1.61. The molecular weight excluding hydrogens is 254 g/mol. The number of rotatable bonds is 4. The molecule has 0 saturated heterocycles. The molecule has 1 heterocycles. The van der Waals surface area contributed by atoms with Gasteiger partial charge in [0.25, 0.3) is 0 Å². The van der Waals surface area contributed by atoms with Gasteiger partial charge < -0.3 is 5.32 Å². The summed E-state index contributed by atoms with van der Waals surface area (Å²) in [4.78, 5) is 8.93. The predicted octanol–water partition coefficient (Wildman–Crippen LogP) is 3.33. The van der Waals surface area contributed by atoms with Gasteiger partial charge >= 0.3 is 0 Å². The van der Waals surface area contributed by atoms with Gasteiger partial charge in [-0.25, -0.2) is 9.97 Å². The monoisotopic (exact) mass is 269 g/mol. The van der Waals surface area contributed by atoms with E-state index in [1.54, 1.807) is 0 Å². The van der Waals surface area contributed by atoms with Crippen LogP contribution in [0.2, 0.25) is 0 Å². The molecule has 0 atom stereocenters. The summed E-state index contributed by atoms with van der Waals surface area (Å²) in [6, 6.07) is 0. The SMILES string of the molecule is CCCNc1nc(C2CCC2)ncc1Br. The number of hydrogen-bond donors (Lipinski definition) is 1. The molecule has 1 saturated carbocycles. The molecular formula is C11H16BrN3. The van der Waals surface area contributed by atoms with Gasteiger partial charge in [0.1, 0.15) is 11.6 Å². The molecule has 1 fully saturated rings. The maximum atomic E-state index is 4.56. The Morgan fingerprint density at radius 1 is 1.53 bits per heavy atom. The molecule has 0 bridgehead atoms. The van der Waals surface area contributed by atoms with Gasteiger partial charge in [-0.2, -0.15) is 0 Å². The first kappa shape index (κ1) is 10.9. The van der Waals surface area contributed by atoms with Gasteiger partial charge in [-0.05, 0) is 35.2 Å². The van der Waals surface area contributed by atoms with E-state index in [0.29, 0.717) is 5.92 Å². The van der Waals surface area contributed by atoms with E-state index in [2.05, 4.69) is 38.1 Å². The van der Waals surface area contributed by atoms with E-state index in [4.69, 9.17) is 0 Å². The Labute approximate surface area is 98.8 Å². The second-order valence-corrected chi connectivity index (χ2v) is 4.83. The average molecular weight is 270 g/mol. The fourth-order valence-corrected chi connectivity index (χ4v) is 1.94. The highest BCUT2D eigenvalue weighted by atomic mass is 79.9. The first-order valence-corrected chi connectivity index (χ1v) is 6.37. The summed E-state index contributed by atoms with van der Waals surface area (Å²) < 4.78 is 0.957. The zero-order valence-electron chi connectivity index (χ0n) is 8.96. The van der Waals surface area contributed by atoms with Crippen LogP contribution in [-0.2, 0) is 0 Å². The third kappa shape index (κ3) is 2.48. The molecule has 0 aliphatic heterocycles. The van der Waals surface area contributed by atoms with Crippen LogP contribution in [0.1, 0.15) is 44.3 Å². The standard InChI is InChI=1S/C11H16BrN3/c1-2-6-13-11-9(12)7-14-10(15-11)8-4-3-5-8/h7-8H,2-6H2,1H3,(H,13,14,15). The van der Waals surface area contributed by atoms with Crippen molar-refractivity contribution in [2.45, 2.75) is 38.5 Å². The molecule has 1 aliphatic rings. The van der Waals surface area contributed by atoms with Crippen molar-refractivity contribution in [3.8, 4) is 0 Å². The van der Waals surface area contributed by atoms with Crippen LogP contribution >= 0.6 is 15.9 Å². The highest BCUT2D eigenvalue weighted by molar-refractivity contribution is 9.10. The molecule has 0 spiro atoms. The first-order valence-electron chi connectivity index (χ1n) is 5.57. The van der Waals surface area contributed by atoms with Crippen molar-refractivity contribution < 1.29 is 0 Å². The van der Waals surface area contributed by atoms with E-state index in [1.807, 2.05) is 6.20 Å². The van der Waals surface area contributed by atoms with Crippen LogP contribution in [0.3, 0.4) is 0 Å². The minimum atomic E-state index is 0.597. The minimum absolute atomic E-state index is 0.597. The van der Waals surface area contributed by atoms with Crippen molar-refractivity contribution >= 4 is 21.7 Å². The number of nitrogens with one attached hydrogen (secondary N) is 1. The lowest BCUT2D eigenvalue weighted by molar-refractivity contribution is 0.401. The summed E-state index contributed by atoms with van der Waals surface area (Å²) in [6.07, 6.45) is 6.78. The average Bonchev–Trinajstić information content (AvgIpc) is 2.16. The number of halogens is 1. The molecule has 1 aromatic heterocycles. The van der Waals surface area contributed by atoms with Gasteiger partial charge in [-0.3, -0.25) is 0 Å². The molecule has 15 heavy (non-hydrogen) atoms. The second-order valence-electron chi connectivity index (χ2n) is 3.98. The third-order valence-electron chi connectivity index (χ3n) is 2.78. The van der Waals surface area contributed by atoms with Crippen LogP contribution in [0.5, 0.6) is 0 Å². The highest BCUT2D eigenvalue weighted by Crippen LogP contribution is 2.35. The molecule has 1 aromatic rings. The van der Waals surface area contributed by atoms with Crippen LogP contribution < -0.4 is 5.32 Å². The Balaban J connectivity index is 2.12. The Bertz CT molecular complexity index is 337. The van der Waals surface area contributed by atoms with Crippen LogP contribution in [0, 0.1) is 0 Å². The number of hydrogen-bond acceptors (Lipinski definition) is 3. The molecule has 2 rings (SSSR count). The van der Waals surface area contributed by atoms with E-state index in [9.17, 15) is 0 Å². The lowest BCUT2D eigenvalue weighted by Gasteiger charge is -2.24. The predicted molar refractivity (Wildman–Crippen MR) is 65.1 cm³/mol. The zero-order valence-corrected chi connectivity index (χ0v) is 10.5. The van der Waals surface area contributed by atoms with Gasteiger partial charge in [0, 0.05) is 18.7 Å². The molecule has 1 N–H and O–H groups in total. The molecule has 4 heteroatoms. The summed E-state index contributed by atoms with van der Waals surface area (Å²) in [5.41, 5.74) is 0. The Kier molecular flexibility index (Phi) is 3.57. The summed E-state index contributed by atoms with van der Waals surface area (Å²) in [6.45, 7) is 3.11. The molecule has 0 radical (unpaired) electrons. The van der Waals surface area contributed by atoms with Crippen molar-refractivity contribution in [3.63, 3.8) is 0 Å². The number of anilines is 1. The quantitative estimate of drug-likeness (QED) is 0.911. The Morgan fingerprint density at radius 2 is 2.33 bits per heavy atom. The summed E-state index contributed by atoms with van der Waals surface area (Å²) in [5, 5.41) is 3.31. The van der Waals surface area contributed by atoms with Crippen molar-refractivity contribution in [3.05, 3.63) is 16.5 Å². The topological polar surface area (TPSA) is 37.8 Å². The van der Waals surface area contributed by atoms with Crippen molar-refractivity contribution in [1.29, 1.82) is 0 Å². The van der Waals surface area contributed by atoms with Gasteiger partial charge in [0.15, 0.2) is 0 Å². The fraction of sp³-hybridized carbons (Fsp3) is 0.636. The van der Waals surface area contributed by atoms with Crippen molar-refractivity contribution in [2.75, 3.05) is 11.9 Å². The molecule has 0 aromatic carbocycles. The zero-order chi connectivity index (χ0) is 10.7. The van der Waals surface area contributed by atoms with E-state index >= 15 is 0 Å². The van der Waals surface area contributed by atoms with E-state index in [1.165, 1.54) is 19.3 Å². The van der Waals surface area contributed by atoms with Crippen molar-refractivity contribution in [2.24, 2.45) is 0 Å². The van der Waals surface area contributed by atoms with E-state index in [-0.39, 0.29) is 0 Å². The van der Waals surface area contributed by atoms with Gasteiger partial charge in [0.05, 0.1) is 4.47 Å². The normalized spacial score (nSPS) is 16.1. The summed E-state index contributed by atoms with van der Waals surface area (Å²) in [5.74, 6) is 2.54. The Morgan fingerprint density at radius 3 is 2.93 bits per heavy atom. The van der Waals surface area contributed by atoms with Crippen molar-refractivity contribution in [1.82, 2.24) is 9.97 Å². The lowest BCUT2D eigenvalue weighted by atomic mass is 9.85. The van der Waals surface area contributed by atoms with Crippen LogP contribution in [0.4, 0.5) is 5.82 Å². The molecule has 82 valence electrons. The third-order valence-corrected chi connectivity index (χ3v) is 3.36. The van der Waals surface area contributed by atoms with Crippen LogP contribution in [0.25, 0.3) is 0 Å². The maximum absolute atomic E-state index is 4.56. The lowest BCUT2D eigenvalue weighted by Crippen LogP contribution is -2.14. The van der Waals surface area contributed by atoms with E-state index < -0.39 is 0 Å². The smallest absolute Gasteiger partial charge is 0.144 e. The van der Waals surface area contributed by atoms with Crippen LogP contribution in [-0.4, -0.2) is 16.5 Å². The molecule has 1 aliphatic carbocycles. The number of nitrogens with zero attached hydrogens (tertiary/aromatic N) is 2. The Hall–Kier alpha value is -0.640. The second kappa shape index (κ2) is 4.92.